The molecule has 1 saturated carbocycles. The van der Waals surface area contributed by atoms with Gasteiger partial charge in [0.2, 0.25) is 0 Å². The summed E-state index contributed by atoms with van der Waals surface area (Å²) in [5.41, 5.74) is 0. The lowest BCUT2D eigenvalue weighted by atomic mass is 10.1. The number of aryl methyl sites for hydroxylation is 1. The van der Waals surface area contributed by atoms with E-state index >= 15 is 0 Å². The van der Waals surface area contributed by atoms with Crippen LogP contribution in [-0.2, 0) is 0 Å². The number of urea groups is 1. The molecule has 0 bridgehead atoms. The van der Waals surface area contributed by atoms with Gasteiger partial charge in [0.15, 0.2) is 0 Å². The van der Waals surface area contributed by atoms with E-state index in [0.717, 1.165) is 17.8 Å². The molecule has 0 radical (unpaired) electrons. The Kier molecular flexibility index (Phi) is 5.37. The molecule has 1 fully saturated rings. The molecule has 0 aliphatic heterocycles. The van der Waals surface area contributed by atoms with Crippen LogP contribution in [0.1, 0.15) is 42.1 Å². The highest BCUT2D eigenvalue weighted by atomic mass is 32.1. The van der Waals surface area contributed by atoms with Gasteiger partial charge in [0.1, 0.15) is 5.01 Å². The minimum Gasteiger partial charge on any atom is -0.396 e. The summed E-state index contributed by atoms with van der Waals surface area (Å²) in [6, 6.07) is -0.0959. The average molecular weight is 297 g/mol. The van der Waals surface area contributed by atoms with E-state index in [1.54, 1.807) is 11.3 Å². The van der Waals surface area contributed by atoms with Crippen LogP contribution in [0.5, 0.6) is 0 Å². The zero-order valence-corrected chi connectivity index (χ0v) is 12.9. The second kappa shape index (κ2) is 7.04. The molecule has 1 heterocycles. The number of aromatic nitrogens is 1. The first-order chi connectivity index (χ1) is 9.60. The molecule has 2 unspecified atom stereocenters. The Morgan fingerprint density at radius 3 is 2.90 bits per heavy atom. The third-order valence-electron chi connectivity index (χ3n) is 3.52. The molecule has 112 valence electrons. The van der Waals surface area contributed by atoms with E-state index in [1.807, 2.05) is 20.0 Å². The zero-order valence-electron chi connectivity index (χ0n) is 12.1. The lowest BCUT2D eigenvalue weighted by Crippen LogP contribution is -2.40. The van der Waals surface area contributed by atoms with Crippen molar-refractivity contribution >= 4 is 17.4 Å². The first-order valence-electron chi connectivity index (χ1n) is 7.17. The number of aliphatic hydroxyl groups is 1. The van der Waals surface area contributed by atoms with Crippen LogP contribution < -0.4 is 10.6 Å². The highest BCUT2D eigenvalue weighted by Gasteiger charge is 2.35. The summed E-state index contributed by atoms with van der Waals surface area (Å²) in [5.74, 6) is 0.813. The van der Waals surface area contributed by atoms with E-state index in [4.69, 9.17) is 5.11 Å². The molecular weight excluding hydrogens is 274 g/mol. The maximum Gasteiger partial charge on any atom is 0.315 e. The van der Waals surface area contributed by atoms with Crippen LogP contribution in [0, 0.1) is 18.8 Å². The van der Waals surface area contributed by atoms with Crippen molar-refractivity contribution in [1.29, 1.82) is 0 Å². The molecule has 1 aliphatic rings. The predicted octanol–water partition coefficient (Wildman–Crippen LogP) is 2.22. The Morgan fingerprint density at radius 1 is 1.60 bits per heavy atom. The maximum atomic E-state index is 12.0. The molecule has 0 saturated heterocycles. The van der Waals surface area contributed by atoms with E-state index in [-0.39, 0.29) is 24.6 Å². The summed E-state index contributed by atoms with van der Waals surface area (Å²) >= 11 is 1.65. The van der Waals surface area contributed by atoms with Gasteiger partial charge in [-0.3, -0.25) is 0 Å². The van der Waals surface area contributed by atoms with Crippen molar-refractivity contribution in [3.63, 3.8) is 0 Å². The summed E-state index contributed by atoms with van der Waals surface area (Å²) < 4.78 is 0. The zero-order chi connectivity index (χ0) is 14.5. The Morgan fingerprint density at radius 2 is 2.35 bits per heavy atom. The first kappa shape index (κ1) is 15.3. The largest absolute Gasteiger partial charge is 0.396 e. The highest BCUT2D eigenvalue weighted by Crippen LogP contribution is 2.41. The maximum absolute atomic E-state index is 12.0. The van der Waals surface area contributed by atoms with E-state index in [1.165, 1.54) is 4.88 Å². The van der Waals surface area contributed by atoms with Gasteiger partial charge in [0, 0.05) is 24.2 Å². The lowest BCUT2D eigenvalue weighted by Gasteiger charge is -2.18. The fourth-order valence-electron chi connectivity index (χ4n) is 2.11. The number of hydrogen-bond acceptors (Lipinski definition) is 4. The SMILES string of the molecule is Cc1cnc(C(NC(=O)NCC(C)CCO)C2CC2)s1. The minimum absolute atomic E-state index is 0.0434. The molecule has 6 heteroatoms. The average Bonchev–Trinajstić information content (AvgIpc) is 3.16. The standard InChI is InChI=1S/C14H23N3O2S/c1-9(5-6-18)7-16-14(19)17-12(11-3-4-11)13-15-8-10(2)20-13/h8-9,11-12,18H,3-7H2,1-2H3,(H2,16,17,19). The third kappa shape index (κ3) is 4.45. The van der Waals surface area contributed by atoms with Crippen LogP contribution in [0.3, 0.4) is 0 Å². The van der Waals surface area contributed by atoms with Crippen LogP contribution in [0.15, 0.2) is 6.20 Å². The van der Waals surface area contributed by atoms with Gasteiger partial charge in [0.05, 0.1) is 6.04 Å². The van der Waals surface area contributed by atoms with Crippen LogP contribution in [0.2, 0.25) is 0 Å². The van der Waals surface area contributed by atoms with Crippen molar-refractivity contribution in [3.8, 4) is 0 Å². The molecule has 0 aromatic carbocycles. The lowest BCUT2D eigenvalue weighted by molar-refractivity contribution is 0.229. The van der Waals surface area contributed by atoms with Crippen molar-refractivity contribution < 1.29 is 9.90 Å². The molecule has 1 aromatic heterocycles. The minimum atomic E-state index is -0.139. The number of aliphatic hydroxyl groups excluding tert-OH is 1. The van der Waals surface area contributed by atoms with Gasteiger partial charge in [-0.15, -0.1) is 11.3 Å². The third-order valence-corrected chi connectivity index (χ3v) is 4.51. The molecule has 5 nitrogen and oxygen atoms in total. The Balaban J connectivity index is 1.84. The van der Waals surface area contributed by atoms with Gasteiger partial charge in [0.25, 0.3) is 0 Å². The monoisotopic (exact) mass is 297 g/mol. The molecule has 0 spiro atoms. The number of nitrogens with one attached hydrogen (secondary N) is 2. The molecule has 2 atom stereocenters. The normalized spacial score (nSPS) is 17.6. The summed E-state index contributed by atoms with van der Waals surface area (Å²) in [6.45, 7) is 4.79. The summed E-state index contributed by atoms with van der Waals surface area (Å²) in [4.78, 5) is 17.5. The smallest absolute Gasteiger partial charge is 0.315 e. The van der Waals surface area contributed by atoms with Crippen molar-refractivity contribution in [2.45, 2.75) is 39.2 Å². The fraction of sp³-hybridized carbons (Fsp3) is 0.714. The van der Waals surface area contributed by atoms with Crippen LogP contribution in [0.25, 0.3) is 0 Å². The Bertz CT molecular complexity index is 445. The van der Waals surface area contributed by atoms with Gasteiger partial charge >= 0.3 is 6.03 Å². The fourth-order valence-corrected chi connectivity index (χ4v) is 3.03. The van der Waals surface area contributed by atoms with Crippen molar-refractivity contribution in [3.05, 3.63) is 16.1 Å². The number of amides is 2. The number of nitrogens with zero attached hydrogens (tertiary/aromatic N) is 1. The van der Waals surface area contributed by atoms with E-state index in [9.17, 15) is 4.79 Å². The molecule has 1 aromatic rings. The Hall–Kier alpha value is -1.14. The number of carbonyl (C=O) groups is 1. The highest BCUT2D eigenvalue weighted by molar-refractivity contribution is 7.11. The number of carbonyl (C=O) groups excluding carboxylic acids is 1. The molecule has 1 aliphatic carbocycles. The summed E-state index contributed by atoms with van der Waals surface area (Å²) in [7, 11) is 0. The molecular formula is C14H23N3O2S. The summed E-state index contributed by atoms with van der Waals surface area (Å²) in [5, 5.41) is 15.8. The quantitative estimate of drug-likeness (QED) is 0.722. The van der Waals surface area contributed by atoms with Gasteiger partial charge in [-0.2, -0.15) is 0 Å². The number of rotatable bonds is 7. The van der Waals surface area contributed by atoms with Crippen molar-refractivity contribution in [2.75, 3.05) is 13.2 Å². The van der Waals surface area contributed by atoms with Gasteiger partial charge in [-0.05, 0) is 38.0 Å². The second-order valence-electron chi connectivity index (χ2n) is 5.60. The predicted molar refractivity (Wildman–Crippen MR) is 79.7 cm³/mol. The summed E-state index contributed by atoms with van der Waals surface area (Å²) in [6.07, 6.45) is 4.88. The number of thiazole rings is 1. The van der Waals surface area contributed by atoms with E-state index in [0.29, 0.717) is 18.9 Å². The number of hydrogen-bond donors (Lipinski definition) is 3. The molecule has 20 heavy (non-hydrogen) atoms. The van der Waals surface area contributed by atoms with Crippen LogP contribution >= 0.6 is 11.3 Å². The second-order valence-corrected chi connectivity index (χ2v) is 6.86. The molecule has 2 amide bonds. The molecule has 3 N–H and O–H groups in total. The van der Waals surface area contributed by atoms with E-state index in [2.05, 4.69) is 15.6 Å². The first-order valence-corrected chi connectivity index (χ1v) is 7.99. The van der Waals surface area contributed by atoms with Gasteiger partial charge in [-0.1, -0.05) is 6.92 Å². The molecule has 2 rings (SSSR count). The van der Waals surface area contributed by atoms with Crippen LogP contribution in [0.4, 0.5) is 4.79 Å². The van der Waals surface area contributed by atoms with E-state index < -0.39 is 0 Å². The van der Waals surface area contributed by atoms with Crippen molar-refractivity contribution in [1.82, 2.24) is 15.6 Å². The Labute approximate surface area is 123 Å². The van der Waals surface area contributed by atoms with Crippen LogP contribution in [-0.4, -0.2) is 29.3 Å². The van der Waals surface area contributed by atoms with Gasteiger partial charge in [-0.25, -0.2) is 9.78 Å². The van der Waals surface area contributed by atoms with Crippen molar-refractivity contribution in [2.24, 2.45) is 11.8 Å². The van der Waals surface area contributed by atoms with Gasteiger partial charge < -0.3 is 15.7 Å². The topological polar surface area (TPSA) is 74.2 Å².